The number of carbonyl (C=O) groups excluding carboxylic acids is 1. The Morgan fingerprint density at radius 3 is 2.15 bits per heavy atom. The van der Waals surface area contributed by atoms with Crippen molar-refractivity contribution < 1.29 is 14.3 Å². The maximum Gasteiger partial charge on any atom is 0.254 e. The van der Waals surface area contributed by atoms with Crippen LogP contribution in [0.5, 0.6) is 11.5 Å². The summed E-state index contributed by atoms with van der Waals surface area (Å²) in [7, 11) is 3.17. The number of benzene rings is 3. The zero-order valence-corrected chi connectivity index (χ0v) is 23.0. The molecule has 1 saturated heterocycles. The summed E-state index contributed by atoms with van der Waals surface area (Å²) in [5.74, 6) is 2.84. The summed E-state index contributed by atoms with van der Waals surface area (Å²) in [6.45, 7) is 6.68. The van der Waals surface area contributed by atoms with Crippen LogP contribution in [0, 0.1) is 13.8 Å². The van der Waals surface area contributed by atoms with Crippen LogP contribution >= 0.6 is 0 Å². The van der Waals surface area contributed by atoms with Gasteiger partial charge in [0.05, 0.1) is 14.2 Å². The predicted molar refractivity (Wildman–Crippen MR) is 154 cm³/mol. The number of piperazine rings is 1. The van der Waals surface area contributed by atoms with Crippen molar-refractivity contribution in [2.24, 2.45) is 0 Å². The molecule has 2 heterocycles. The van der Waals surface area contributed by atoms with Gasteiger partial charge in [0.2, 0.25) is 0 Å². The van der Waals surface area contributed by atoms with Crippen LogP contribution < -0.4 is 14.4 Å². The van der Waals surface area contributed by atoms with E-state index in [1.165, 1.54) is 11.1 Å². The number of hydrogen-bond acceptors (Lipinski definition) is 6. The number of rotatable bonds is 7. The molecule has 1 fully saturated rings. The minimum absolute atomic E-state index is 0.0318. The van der Waals surface area contributed by atoms with Crippen LogP contribution in [-0.2, 0) is 6.42 Å². The molecule has 0 atom stereocenters. The van der Waals surface area contributed by atoms with Crippen LogP contribution in [0.2, 0.25) is 0 Å². The lowest BCUT2D eigenvalue weighted by Crippen LogP contribution is -2.49. The number of anilines is 1. The average molecular weight is 523 g/mol. The highest BCUT2D eigenvalue weighted by molar-refractivity contribution is 5.95. The van der Waals surface area contributed by atoms with Crippen LogP contribution in [0.1, 0.15) is 32.7 Å². The van der Waals surface area contributed by atoms with Gasteiger partial charge in [-0.15, -0.1) is 0 Å². The Kier molecular flexibility index (Phi) is 7.77. The van der Waals surface area contributed by atoms with Crippen LogP contribution in [0.25, 0.3) is 11.4 Å². The molecular formula is C32H34N4O3. The second-order valence-electron chi connectivity index (χ2n) is 9.85. The summed E-state index contributed by atoms with van der Waals surface area (Å²) in [6, 6.07) is 24.0. The molecular weight excluding hydrogens is 488 g/mol. The predicted octanol–water partition coefficient (Wildman–Crippen LogP) is 5.33. The third kappa shape index (κ3) is 5.87. The van der Waals surface area contributed by atoms with Gasteiger partial charge >= 0.3 is 0 Å². The molecule has 0 unspecified atom stereocenters. The maximum atomic E-state index is 13.4. The fourth-order valence-corrected chi connectivity index (χ4v) is 5.00. The Morgan fingerprint density at radius 1 is 0.821 bits per heavy atom. The smallest absolute Gasteiger partial charge is 0.254 e. The molecule has 4 aromatic rings. The molecule has 0 spiro atoms. The summed E-state index contributed by atoms with van der Waals surface area (Å²) in [5.41, 5.74) is 6.05. The Balaban J connectivity index is 1.43. The Hall–Kier alpha value is -4.39. The molecule has 1 aliphatic heterocycles. The second kappa shape index (κ2) is 11.6. The van der Waals surface area contributed by atoms with E-state index in [2.05, 4.69) is 61.2 Å². The fourth-order valence-electron chi connectivity index (χ4n) is 5.00. The number of amides is 1. The van der Waals surface area contributed by atoms with E-state index in [-0.39, 0.29) is 5.91 Å². The van der Waals surface area contributed by atoms with Crippen LogP contribution in [0.15, 0.2) is 72.8 Å². The van der Waals surface area contributed by atoms with Crippen molar-refractivity contribution in [1.29, 1.82) is 0 Å². The molecule has 0 radical (unpaired) electrons. The summed E-state index contributed by atoms with van der Waals surface area (Å²) in [6.07, 6.45) is 0.749. The molecule has 0 aliphatic carbocycles. The molecule has 1 amide bonds. The van der Waals surface area contributed by atoms with Gasteiger partial charge in [-0.2, -0.15) is 0 Å². The Morgan fingerprint density at radius 2 is 1.51 bits per heavy atom. The SMILES string of the molecule is COc1cc(OC)cc(C(=O)N2CCN(c3nc(-c4cccc(C)c4)nc(C)c3Cc3ccccc3)CC2)c1. The van der Waals surface area contributed by atoms with E-state index in [4.69, 9.17) is 19.4 Å². The lowest BCUT2D eigenvalue weighted by Gasteiger charge is -2.36. The van der Waals surface area contributed by atoms with Gasteiger partial charge in [-0.3, -0.25) is 4.79 Å². The lowest BCUT2D eigenvalue weighted by atomic mass is 10.0. The molecule has 0 N–H and O–H groups in total. The van der Waals surface area contributed by atoms with E-state index in [1.54, 1.807) is 32.4 Å². The first-order valence-electron chi connectivity index (χ1n) is 13.2. The number of nitrogens with zero attached hydrogens (tertiary/aromatic N) is 4. The standard InChI is InChI=1S/C32H34N4O3/c1-22-9-8-12-25(17-22)30-33-23(2)29(18-24-10-6-5-7-11-24)31(34-30)35-13-15-36(16-14-35)32(37)26-19-27(38-3)21-28(20-26)39-4/h5-12,17,19-21H,13-16,18H2,1-4H3. The minimum atomic E-state index is -0.0318. The van der Waals surface area contributed by atoms with Gasteiger partial charge in [-0.25, -0.2) is 9.97 Å². The monoisotopic (exact) mass is 522 g/mol. The molecule has 3 aromatic carbocycles. The van der Waals surface area contributed by atoms with Gasteiger partial charge in [0.25, 0.3) is 5.91 Å². The van der Waals surface area contributed by atoms with Crippen molar-refractivity contribution >= 4 is 11.7 Å². The van der Waals surface area contributed by atoms with Crippen molar-refractivity contribution in [3.8, 4) is 22.9 Å². The number of carbonyl (C=O) groups is 1. The third-order valence-electron chi connectivity index (χ3n) is 7.16. The largest absolute Gasteiger partial charge is 0.497 e. The second-order valence-corrected chi connectivity index (χ2v) is 9.85. The highest BCUT2D eigenvalue weighted by atomic mass is 16.5. The Labute approximate surface area is 230 Å². The van der Waals surface area contributed by atoms with Gasteiger partial charge in [-0.1, -0.05) is 54.1 Å². The van der Waals surface area contributed by atoms with Crippen LogP contribution in [-0.4, -0.2) is 61.2 Å². The highest BCUT2D eigenvalue weighted by Gasteiger charge is 2.26. The number of aromatic nitrogens is 2. The van der Waals surface area contributed by atoms with Gasteiger partial charge in [0.15, 0.2) is 5.82 Å². The average Bonchev–Trinajstić information content (AvgIpc) is 2.98. The third-order valence-corrected chi connectivity index (χ3v) is 7.16. The first-order valence-corrected chi connectivity index (χ1v) is 13.2. The van der Waals surface area contributed by atoms with E-state index < -0.39 is 0 Å². The zero-order valence-electron chi connectivity index (χ0n) is 23.0. The van der Waals surface area contributed by atoms with Crippen LogP contribution in [0.4, 0.5) is 5.82 Å². The quantitative estimate of drug-likeness (QED) is 0.327. The van der Waals surface area contributed by atoms with E-state index in [0.717, 1.165) is 34.9 Å². The summed E-state index contributed by atoms with van der Waals surface area (Å²) < 4.78 is 10.7. The molecule has 1 aromatic heterocycles. The molecule has 200 valence electrons. The number of ether oxygens (including phenoxy) is 2. The molecule has 5 rings (SSSR count). The Bertz CT molecular complexity index is 1440. The van der Waals surface area contributed by atoms with E-state index in [0.29, 0.717) is 43.2 Å². The van der Waals surface area contributed by atoms with Crippen molar-refractivity contribution in [3.05, 3.63) is 101 Å². The highest BCUT2D eigenvalue weighted by Crippen LogP contribution is 2.29. The van der Waals surface area contributed by atoms with E-state index >= 15 is 0 Å². The zero-order chi connectivity index (χ0) is 27.4. The van der Waals surface area contributed by atoms with Crippen molar-refractivity contribution in [2.75, 3.05) is 45.3 Å². The summed E-state index contributed by atoms with van der Waals surface area (Å²) in [5, 5.41) is 0. The normalized spacial score (nSPS) is 13.3. The topological polar surface area (TPSA) is 67.8 Å². The van der Waals surface area contributed by atoms with Gasteiger partial charge < -0.3 is 19.3 Å². The molecule has 39 heavy (non-hydrogen) atoms. The summed E-state index contributed by atoms with van der Waals surface area (Å²) in [4.78, 5) is 27.6. The first kappa shape index (κ1) is 26.2. The fraction of sp³-hybridized carbons (Fsp3) is 0.281. The van der Waals surface area contributed by atoms with Crippen molar-refractivity contribution in [3.63, 3.8) is 0 Å². The van der Waals surface area contributed by atoms with Crippen molar-refractivity contribution in [2.45, 2.75) is 20.3 Å². The van der Waals surface area contributed by atoms with E-state index in [9.17, 15) is 4.79 Å². The number of aryl methyl sites for hydroxylation is 2. The minimum Gasteiger partial charge on any atom is -0.497 e. The lowest BCUT2D eigenvalue weighted by molar-refractivity contribution is 0.0745. The van der Waals surface area contributed by atoms with Crippen molar-refractivity contribution in [1.82, 2.24) is 14.9 Å². The summed E-state index contributed by atoms with van der Waals surface area (Å²) >= 11 is 0. The number of hydrogen-bond donors (Lipinski definition) is 0. The molecule has 7 nitrogen and oxygen atoms in total. The molecule has 0 bridgehead atoms. The van der Waals surface area contributed by atoms with Crippen LogP contribution in [0.3, 0.4) is 0 Å². The van der Waals surface area contributed by atoms with E-state index in [1.807, 2.05) is 17.0 Å². The molecule has 7 heteroatoms. The first-order chi connectivity index (χ1) is 18.9. The van der Waals surface area contributed by atoms with Gasteiger partial charge in [0, 0.05) is 61.1 Å². The maximum absolute atomic E-state index is 13.4. The molecule has 1 aliphatic rings. The van der Waals surface area contributed by atoms with Gasteiger partial charge in [0.1, 0.15) is 17.3 Å². The molecule has 0 saturated carbocycles. The van der Waals surface area contributed by atoms with Gasteiger partial charge in [-0.05, 0) is 37.6 Å². The number of methoxy groups -OCH3 is 2.